The monoisotopic (exact) mass is 419 g/mol. The van der Waals surface area contributed by atoms with Crippen molar-refractivity contribution in [3.05, 3.63) is 36.2 Å². The molecule has 3 aliphatic heterocycles. The van der Waals surface area contributed by atoms with Crippen molar-refractivity contribution < 1.29 is 4.74 Å². The van der Waals surface area contributed by atoms with Crippen LogP contribution in [0.25, 0.3) is 10.9 Å². The zero-order chi connectivity index (χ0) is 20.8. The van der Waals surface area contributed by atoms with Crippen molar-refractivity contribution in [2.24, 2.45) is 5.92 Å². The number of ether oxygens (including phenoxy) is 1. The second-order valence-corrected chi connectivity index (χ2v) is 9.29. The molecule has 2 atom stereocenters. The van der Waals surface area contributed by atoms with E-state index in [9.17, 15) is 0 Å². The number of rotatable bonds is 6. The zero-order valence-corrected chi connectivity index (χ0v) is 17.8. The van der Waals surface area contributed by atoms with Crippen LogP contribution in [0.2, 0.25) is 0 Å². The van der Waals surface area contributed by atoms with E-state index < -0.39 is 0 Å². The van der Waals surface area contributed by atoms with Gasteiger partial charge >= 0.3 is 0 Å². The maximum atomic E-state index is 5.40. The first-order valence-electron chi connectivity index (χ1n) is 11.4. The van der Waals surface area contributed by atoms with Gasteiger partial charge in [0, 0.05) is 60.0 Å². The summed E-state index contributed by atoms with van der Waals surface area (Å²) in [6, 6.07) is 9.82. The third-order valence-electron chi connectivity index (χ3n) is 6.96. The molecule has 2 bridgehead atoms. The van der Waals surface area contributed by atoms with Crippen molar-refractivity contribution in [2.75, 3.05) is 30.4 Å². The van der Waals surface area contributed by atoms with E-state index in [1.807, 2.05) is 31.3 Å². The number of aromatic nitrogens is 4. The number of nitrogens with zero attached hydrogens (tertiary/aromatic N) is 4. The molecule has 0 spiro atoms. The molecule has 0 amide bonds. The summed E-state index contributed by atoms with van der Waals surface area (Å²) in [5, 5.41) is 15.4. The minimum atomic E-state index is 0.435. The Morgan fingerprint density at radius 3 is 2.71 bits per heavy atom. The van der Waals surface area contributed by atoms with Gasteiger partial charge in [-0.3, -0.25) is 15.0 Å². The first kappa shape index (κ1) is 19.0. The topological polar surface area (TPSA) is 91.0 Å². The Morgan fingerprint density at radius 1 is 1.16 bits per heavy atom. The summed E-state index contributed by atoms with van der Waals surface area (Å²) in [6.07, 6.45) is 6.80. The molecule has 8 heteroatoms. The molecule has 8 nitrogen and oxygen atoms in total. The largest absolute Gasteiger partial charge is 0.381 e. The maximum Gasteiger partial charge on any atom is 0.153 e. The van der Waals surface area contributed by atoms with E-state index >= 15 is 0 Å². The first-order chi connectivity index (χ1) is 15.2. The molecule has 3 aromatic heterocycles. The number of nitrogens with one attached hydrogen (secondary N) is 3. The molecule has 6 rings (SSSR count). The number of aryl methyl sites for hydroxylation is 1. The lowest BCUT2D eigenvalue weighted by Crippen LogP contribution is -2.51. The molecule has 6 heterocycles. The SMILES string of the molecule is Cc1cc(Nc2cc3ncccc3c(NC3CC4CCC(C3)N4CC3COC3)n2)n[nH]1. The van der Waals surface area contributed by atoms with Gasteiger partial charge in [-0.1, -0.05) is 0 Å². The smallest absolute Gasteiger partial charge is 0.153 e. The van der Waals surface area contributed by atoms with Crippen LogP contribution in [0.15, 0.2) is 30.5 Å². The molecule has 0 saturated carbocycles. The molecule has 3 fully saturated rings. The van der Waals surface area contributed by atoms with Crippen molar-refractivity contribution in [1.29, 1.82) is 0 Å². The van der Waals surface area contributed by atoms with Gasteiger partial charge in [0.05, 0.1) is 18.7 Å². The summed E-state index contributed by atoms with van der Waals surface area (Å²) in [6.45, 7) is 5.07. The highest BCUT2D eigenvalue weighted by atomic mass is 16.5. The van der Waals surface area contributed by atoms with Crippen LogP contribution in [-0.2, 0) is 4.74 Å². The third-order valence-corrected chi connectivity index (χ3v) is 6.96. The zero-order valence-electron chi connectivity index (χ0n) is 17.8. The highest BCUT2D eigenvalue weighted by Crippen LogP contribution is 2.38. The fourth-order valence-corrected chi connectivity index (χ4v) is 5.43. The van der Waals surface area contributed by atoms with Gasteiger partial charge in [0.25, 0.3) is 0 Å². The molecule has 3 aromatic rings. The quantitative estimate of drug-likeness (QED) is 0.564. The molecule has 162 valence electrons. The van der Waals surface area contributed by atoms with E-state index in [1.54, 1.807) is 0 Å². The van der Waals surface area contributed by atoms with E-state index in [1.165, 1.54) is 32.2 Å². The molecular formula is C23H29N7O. The fraction of sp³-hybridized carbons (Fsp3) is 0.522. The lowest BCUT2D eigenvalue weighted by Gasteiger charge is -2.42. The van der Waals surface area contributed by atoms with Crippen LogP contribution in [0, 0.1) is 12.8 Å². The molecule has 2 unspecified atom stereocenters. The second-order valence-electron chi connectivity index (χ2n) is 9.29. The van der Waals surface area contributed by atoms with Gasteiger partial charge in [0.1, 0.15) is 11.6 Å². The Kier molecular flexibility index (Phi) is 4.76. The second kappa shape index (κ2) is 7.76. The average molecular weight is 420 g/mol. The Morgan fingerprint density at radius 2 is 2.00 bits per heavy atom. The molecule has 31 heavy (non-hydrogen) atoms. The van der Waals surface area contributed by atoms with Gasteiger partial charge in [-0.05, 0) is 44.7 Å². The predicted octanol–water partition coefficient (Wildman–Crippen LogP) is 3.46. The number of aromatic amines is 1. The number of hydrogen-bond acceptors (Lipinski definition) is 7. The molecular weight excluding hydrogens is 390 g/mol. The number of piperidine rings is 1. The predicted molar refractivity (Wildman–Crippen MR) is 121 cm³/mol. The van der Waals surface area contributed by atoms with E-state index in [0.29, 0.717) is 18.1 Å². The van der Waals surface area contributed by atoms with Crippen molar-refractivity contribution in [1.82, 2.24) is 25.1 Å². The van der Waals surface area contributed by atoms with Crippen molar-refractivity contribution in [3.63, 3.8) is 0 Å². The van der Waals surface area contributed by atoms with Gasteiger partial charge in [0.2, 0.25) is 0 Å². The summed E-state index contributed by atoms with van der Waals surface area (Å²) in [4.78, 5) is 12.3. The first-order valence-corrected chi connectivity index (χ1v) is 11.4. The van der Waals surface area contributed by atoms with Crippen LogP contribution in [0.4, 0.5) is 17.5 Å². The maximum absolute atomic E-state index is 5.40. The van der Waals surface area contributed by atoms with E-state index in [2.05, 4.69) is 36.8 Å². The Hall–Kier alpha value is -2.71. The average Bonchev–Trinajstić information content (AvgIpc) is 3.23. The number of H-pyrrole nitrogens is 1. The minimum absolute atomic E-state index is 0.435. The molecule has 0 radical (unpaired) electrons. The Labute approximate surface area is 181 Å². The van der Waals surface area contributed by atoms with Gasteiger partial charge in [-0.2, -0.15) is 5.10 Å². The van der Waals surface area contributed by atoms with Gasteiger partial charge in [0.15, 0.2) is 5.82 Å². The number of hydrogen-bond donors (Lipinski definition) is 3. The summed E-state index contributed by atoms with van der Waals surface area (Å²) < 4.78 is 5.40. The van der Waals surface area contributed by atoms with Gasteiger partial charge in [-0.15, -0.1) is 0 Å². The standard InChI is InChI=1S/C23H29N7O/c1-14-7-22(29-28-14)26-21-10-20-19(3-2-6-24-20)23(27-21)25-16-8-17-4-5-18(9-16)30(17)11-15-12-31-13-15/h2-3,6-7,10,15-18H,4-5,8-9,11-13H2,1H3,(H3,25,26,27,28,29). The molecule has 3 N–H and O–H groups in total. The van der Waals surface area contributed by atoms with Crippen molar-refractivity contribution in [3.8, 4) is 0 Å². The molecule has 3 saturated heterocycles. The van der Waals surface area contributed by atoms with E-state index in [-0.39, 0.29) is 0 Å². The molecule has 3 aliphatic rings. The van der Waals surface area contributed by atoms with Crippen LogP contribution in [0.3, 0.4) is 0 Å². The highest BCUT2D eigenvalue weighted by molar-refractivity contribution is 5.91. The van der Waals surface area contributed by atoms with Crippen LogP contribution < -0.4 is 10.6 Å². The van der Waals surface area contributed by atoms with Crippen molar-refractivity contribution in [2.45, 2.75) is 50.7 Å². The normalized spacial score (nSPS) is 26.2. The summed E-state index contributed by atoms with van der Waals surface area (Å²) in [7, 11) is 0. The fourth-order valence-electron chi connectivity index (χ4n) is 5.43. The molecule has 0 aromatic carbocycles. The Bertz CT molecular complexity index is 1060. The van der Waals surface area contributed by atoms with Crippen LogP contribution in [-0.4, -0.2) is 62.9 Å². The summed E-state index contributed by atoms with van der Waals surface area (Å²) in [5.74, 6) is 3.16. The minimum Gasteiger partial charge on any atom is -0.381 e. The number of fused-ring (bicyclic) bond motifs is 3. The highest BCUT2D eigenvalue weighted by Gasteiger charge is 2.42. The van der Waals surface area contributed by atoms with E-state index in [4.69, 9.17) is 9.72 Å². The molecule has 0 aliphatic carbocycles. The third kappa shape index (κ3) is 3.74. The lowest BCUT2D eigenvalue weighted by molar-refractivity contribution is -0.0568. The van der Waals surface area contributed by atoms with Crippen molar-refractivity contribution >= 4 is 28.4 Å². The van der Waals surface area contributed by atoms with Crippen LogP contribution in [0.5, 0.6) is 0 Å². The van der Waals surface area contributed by atoms with Crippen LogP contribution >= 0.6 is 0 Å². The van der Waals surface area contributed by atoms with Crippen LogP contribution in [0.1, 0.15) is 31.4 Å². The number of pyridine rings is 2. The lowest BCUT2D eigenvalue weighted by atomic mass is 9.95. The van der Waals surface area contributed by atoms with Gasteiger partial charge < -0.3 is 15.4 Å². The summed E-state index contributed by atoms with van der Waals surface area (Å²) in [5.41, 5.74) is 1.94. The number of anilines is 3. The Balaban J connectivity index is 1.22. The summed E-state index contributed by atoms with van der Waals surface area (Å²) >= 11 is 0. The van der Waals surface area contributed by atoms with Gasteiger partial charge in [-0.25, -0.2) is 4.98 Å². The van der Waals surface area contributed by atoms with E-state index in [0.717, 1.165) is 53.2 Å².